The van der Waals surface area contributed by atoms with Crippen molar-refractivity contribution in [3.05, 3.63) is 71.1 Å². The molecule has 7 nitrogen and oxygen atoms in total. The Labute approximate surface area is 191 Å². The van der Waals surface area contributed by atoms with Crippen molar-refractivity contribution in [2.75, 3.05) is 22.6 Å². The molecule has 0 atom stereocenters. The van der Waals surface area contributed by atoms with Crippen LogP contribution >= 0.6 is 0 Å². The summed E-state index contributed by atoms with van der Waals surface area (Å²) in [5.41, 5.74) is 3.26. The first kappa shape index (κ1) is 21.0. The van der Waals surface area contributed by atoms with Gasteiger partial charge in [0.25, 0.3) is 5.56 Å². The van der Waals surface area contributed by atoms with Crippen LogP contribution in [0.3, 0.4) is 0 Å². The molecule has 1 aromatic heterocycles. The molecule has 0 bridgehead atoms. The molecule has 1 aliphatic carbocycles. The van der Waals surface area contributed by atoms with Crippen LogP contribution in [0.4, 0.5) is 21.9 Å². The van der Waals surface area contributed by atoms with Gasteiger partial charge in [0.15, 0.2) is 0 Å². The van der Waals surface area contributed by atoms with Crippen LogP contribution in [-0.4, -0.2) is 29.1 Å². The lowest BCUT2D eigenvalue weighted by Crippen LogP contribution is -2.34. The molecule has 0 aliphatic heterocycles. The first-order chi connectivity index (χ1) is 16.1. The van der Waals surface area contributed by atoms with E-state index in [4.69, 9.17) is 0 Å². The molecule has 0 radical (unpaired) electrons. The number of aromatic amines is 1. The van der Waals surface area contributed by atoms with Gasteiger partial charge in [-0.15, -0.1) is 0 Å². The predicted octanol–water partition coefficient (Wildman–Crippen LogP) is 5.49. The fourth-order valence-corrected chi connectivity index (χ4v) is 4.74. The van der Waals surface area contributed by atoms with E-state index in [2.05, 4.69) is 32.5 Å². The number of nitrogens with zero attached hydrogens (tertiary/aromatic N) is 2. The maximum atomic E-state index is 13.1. The lowest BCUT2D eigenvalue weighted by molar-refractivity contribution is 0.262. The monoisotopic (exact) mass is 441 g/mol. The highest BCUT2D eigenvalue weighted by Gasteiger charge is 2.22. The first-order valence-corrected chi connectivity index (χ1v) is 11.4. The molecule has 1 heterocycles. The summed E-state index contributed by atoms with van der Waals surface area (Å²) in [6.45, 7) is 0. The van der Waals surface area contributed by atoms with Crippen molar-refractivity contribution >= 4 is 44.9 Å². The average molecular weight is 442 g/mol. The zero-order valence-electron chi connectivity index (χ0n) is 18.6. The summed E-state index contributed by atoms with van der Waals surface area (Å²) >= 11 is 0. The van der Waals surface area contributed by atoms with Gasteiger partial charge in [-0.3, -0.25) is 4.79 Å². The van der Waals surface area contributed by atoms with Crippen molar-refractivity contribution in [1.29, 1.82) is 0 Å². The lowest BCUT2D eigenvalue weighted by atomic mass is 9.94. The fourth-order valence-electron chi connectivity index (χ4n) is 4.74. The van der Waals surface area contributed by atoms with Gasteiger partial charge in [0.1, 0.15) is 0 Å². The number of anilines is 3. The van der Waals surface area contributed by atoms with E-state index in [1.54, 1.807) is 6.07 Å². The van der Waals surface area contributed by atoms with E-state index in [0.29, 0.717) is 22.8 Å². The standard InChI is InChI=1S/C26H27N5O2/c1-31(18-10-3-2-4-11-18)24-15-21-22(28-25(32)16-27-21)14-23(24)30-26(33)29-20-13-7-9-17-8-5-6-12-19(17)20/h5-9,12-16,18H,2-4,10-11H2,1H3,(H,28,32)(H2,29,30,33). The van der Waals surface area contributed by atoms with Crippen molar-refractivity contribution in [3.8, 4) is 0 Å². The molecule has 33 heavy (non-hydrogen) atoms. The maximum absolute atomic E-state index is 13.1. The second-order valence-corrected chi connectivity index (χ2v) is 8.64. The number of benzene rings is 3. The average Bonchev–Trinajstić information content (AvgIpc) is 2.84. The molecule has 0 spiro atoms. The van der Waals surface area contributed by atoms with E-state index in [9.17, 15) is 9.59 Å². The normalized spacial score (nSPS) is 14.3. The number of carbonyl (C=O) groups excluding carboxylic acids is 1. The maximum Gasteiger partial charge on any atom is 0.323 e. The number of carbonyl (C=O) groups is 1. The third-order valence-electron chi connectivity index (χ3n) is 6.48. The number of H-pyrrole nitrogens is 1. The number of aromatic nitrogens is 2. The second kappa shape index (κ2) is 8.94. The molecule has 5 rings (SSSR count). The van der Waals surface area contributed by atoms with E-state index in [1.807, 2.05) is 48.5 Å². The number of rotatable bonds is 4. The van der Waals surface area contributed by atoms with Crippen LogP contribution in [0.1, 0.15) is 32.1 Å². The molecule has 7 heteroatoms. The number of hydrogen-bond acceptors (Lipinski definition) is 4. The van der Waals surface area contributed by atoms with Gasteiger partial charge < -0.3 is 20.5 Å². The summed E-state index contributed by atoms with van der Waals surface area (Å²) in [6, 6.07) is 17.6. The van der Waals surface area contributed by atoms with Crippen LogP contribution in [0.15, 0.2) is 65.6 Å². The molecular weight excluding hydrogens is 414 g/mol. The van der Waals surface area contributed by atoms with Gasteiger partial charge in [0, 0.05) is 18.5 Å². The van der Waals surface area contributed by atoms with Gasteiger partial charge >= 0.3 is 6.03 Å². The van der Waals surface area contributed by atoms with Crippen molar-refractivity contribution in [3.63, 3.8) is 0 Å². The molecule has 3 aromatic carbocycles. The highest BCUT2D eigenvalue weighted by atomic mass is 16.2. The third kappa shape index (κ3) is 4.39. The Kier molecular flexibility index (Phi) is 5.69. The number of fused-ring (bicyclic) bond motifs is 2. The van der Waals surface area contributed by atoms with Crippen molar-refractivity contribution < 1.29 is 4.79 Å². The SMILES string of the molecule is CN(c1cc2ncc(=O)[nH]c2cc1NC(=O)Nc1cccc2ccccc12)C1CCCCC1. The zero-order valence-corrected chi connectivity index (χ0v) is 18.6. The van der Waals surface area contributed by atoms with Crippen molar-refractivity contribution in [2.24, 2.45) is 0 Å². The Bertz CT molecular complexity index is 1370. The van der Waals surface area contributed by atoms with Crippen molar-refractivity contribution in [1.82, 2.24) is 9.97 Å². The summed E-state index contributed by atoms with van der Waals surface area (Å²) in [7, 11) is 2.07. The van der Waals surface area contributed by atoms with Crippen LogP contribution in [0.25, 0.3) is 21.8 Å². The molecule has 3 N–H and O–H groups in total. The van der Waals surface area contributed by atoms with E-state index >= 15 is 0 Å². The largest absolute Gasteiger partial charge is 0.370 e. The van der Waals surface area contributed by atoms with Gasteiger partial charge in [-0.2, -0.15) is 0 Å². The summed E-state index contributed by atoms with van der Waals surface area (Å²) in [5.74, 6) is 0. The van der Waals surface area contributed by atoms with E-state index in [0.717, 1.165) is 35.0 Å². The summed E-state index contributed by atoms with van der Waals surface area (Å²) in [6.07, 6.45) is 7.21. The molecule has 168 valence electrons. The minimum Gasteiger partial charge on any atom is -0.370 e. The number of nitrogens with one attached hydrogen (secondary N) is 3. The van der Waals surface area contributed by atoms with Gasteiger partial charge in [0.2, 0.25) is 0 Å². The highest BCUT2D eigenvalue weighted by molar-refractivity contribution is 6.08. The quantitative estimate of drug-likeness (QED) is 0.391. The number of urea groups is 1. The summed E-state index contributed by atoms with van der Waals surface area (Å²) in [5, 5.41) is 8.03. The molecular formula is C26H27N5O2. The highest BCUT2D eigenvalue weighted by Crippen LogP contribution is 2.34. The molecule has 0 saturated heterocycles. The number of hydrogen-bond donors (Lipinski definition) is 3. The predicted molar refractivity (Wildman–Crippen MR) is 134 cm³/mol. The molecule has 2 amide bonds. The van der Waals surface area contributed by atoms with Crippen molar-refractivity contribution in [2.45, 2.75) is 38.1 Å². The first-order valence-electron chi connectivity index (χ1n) is 11.4. The van der Waals surface area contributed by atoms with E-state index in [1.165, 1.54) is 25.5 Å². The lowest BCUT2D eigenvalue weighted by Gasteiger charge is -2.34. The second-order valence-electron chi connectivity index (χ2n) is 8.64. The van der Waals surface area contributed by atoms with Gasteiger partial charge in [-0.25, -0.2) is 9.78 Å². The van der Waals surface area contributed by atoms with Crippen LogP contribution < -0.4 is 21.1 Å². The van der Waals surface area contributed by atoms with E-state index in [-0.39, 0.29) is 11.6 Å². The Hall–Kier alpha value is -3.87. The van der Waals surface area contributed by atoms with Gasteiger partial charge in [-0.05, 0) is 36.4 Å². The molecule has 1 saturated carbocycles. The Morgan fingerprint density at radius 2 is 1.76 bits per heavy atom. The molecule has 4 aromatic rings. The Balaban J connectivity index is 1.48. The zero-order chi connectivity index (χ0) is 22.8. The van der Waals surface area contributed by atoms with Crippen LogP contribution in [0, 0.1) is 0 Å². The molecule has 1 fully saturated rings. The Morgan fingerprint density at radius 1 is 1.00 bits per heavy atom. The molecule has 1 aliphatic rings. The summed E-state index contributed by atoms with van der Waals surface area (Å²) in [4.78, 5) is 34.2. The fraction of sp³-hybridized carbons (Fsp3) is 0.269. The summed E-state index contributed by atoms with van der Waals surface area (Å²) < 4.78 is 0. The van der Waals surface area contributed by atoms with Gasteiger partial charge in [-0.1, -0.05) is 55.7 Å². The van der Waals surface area contributed by atoms with Crippen LogP contribution in [0.5, 0.6) is 0 Å². The van der Waals surface area contributed by atoms with Gasteiger partial charge in [0.05, 0.1) is 34.3 Å². The minimum absolute atomic E-state index is 0.276. The molecule has 0 unspecified atom stereocenters. The minimum atomic E-state index is -0.338. The van der Waals surface area contributed by atoms with Crippen LogP contribution in [0.2, 0.25) is 0 Å². The Morgan fingerprint density at radius 3 is 2.61 bits per heavy atom. The number of amides is 2. The third-order valence-corrected chi connectivity index (χ3v) is 6.48. The topological polar surface area (TPSA) is 90.1 Å². The van der Waals surface area contributed by atoms with Crippen LogP contribution in [-0.2, 0) is 0 Å². The van der Waals surface area contributed by atoms with E-state index < -0.39 is 0 Å². The smallest absolute Gasteiger partial charge is 0.323 e.